The molecule has 1 saturated heterocycles. The fourth-order valence-electron chi connectivity index (χ4n) is 1.78. The second kappa shape index (κ2) is 5.03. The molecular weight excluding hydrogens is 226 g/mol. The summed E-state index contributed by atoms with van der Waals surface area (Å²) in [4.78, 5) is 15.0. The quantitative estimate of drug-likeness (QED) is 0.810. The molecule has 1 unspecified atom stereocenters. The third-order valence-electron chi connectivity index (χ3n) is 2.52. The van der Waals surface area contributed by atoms with Gasteiger partial charge in [-0.05, 0) is 17.9 Å². The number of thiophene rings is 1. The summed E-state index contributed by atoms with van der Waals surface area (Å²) in [6.07, 6.45) is 2.26. The number of hydrogen-bond acceptors (Lipinski definition) is 3. The summed E-state index contributed by atoms with van der Waals surface area (Å²) in [7, 11) is 0. The van der Waals surface area contributed by atoms with Crippen LogP contribution in [-0.2, 0) is 0 Å². The fourth-order valence-corrected chi connectivity index (χ4v) is 3.82. The maximum absolute atomic E-state index is 12.1. The maximum Gasteiger partial charge on any atom is 0.264 e. The lowest BCUT2D eigenvalue weighted by Gasteiger charge is -2.22. The van der Waals surface area contributed by atoms with Gasteiger partial charge in [0, 0.05) is 12.3 Å². The molecule has 4 heteroatoms. The summed E-state index contributed by atoms with van der Waals surface area (Å²) in [6, 6.07) is 3.86. The van der Waals surface area contributed by atoms with Gasteiger partial charge in [-0.15, -0.1) is 23.1 Å². The highest BCUT2D eigenvalue weighted by atomic mass is 32.2. The van der Waals surface area contributed by atoms with Gasteiger partial charge >= 0.3 is 0 Å². The number of carbonyl (C=O) groups excluding carboxylic acids is 1. The summed E-state index contributed by atoms with van der Waals surface area (Å²) in [6.45, 7) is 3.08. The molecule has 2 rings (SSSR count). The first kappa shape index (κ1) is 11.0. The second-order valence-electron chi connectivity index (χ2n) is 3.59. The third kappa shape index (κ3) is 2.37. The van der Waals surface area contributed by atoms with Crippen LogP contribution >= 0.6 is 23.1 Å². The van der Waals surface area contributed by atoms with Crippen molar-refractivity contribution in [2.45, 2.75) is 25.1 Å². The predicted octanol–water partition coefficient (Wildman–Crippen LogP) is 3.06. The van der Waals surface area contributed by atoms with Gasteiger partial charge in [-0.3, -0.25) is 4.79 Å². The number of amides is 1. The Morgan fingerprint density at radius 3 is 3.20 bits per heavy atom. The van der Waals surface area contributed by atoms with Crippen LogP contribution in [0.15, 0.2) is 17.5 Å². The van der Waals surface area contributed by atoms with Crippen molar-refractivity contribution in [3.05, 3.63) is 22.4 Å². The van der Waals surface area contributed by atoms with Crippen LogP contribution in [0.4, 0.5) is 0 Å². The van der Waals surface area contributed by atoms with E-state index in [0.717, 1.165) is 30.0 Å². The van der Waals surface area contributed by atoms with Crippen LogP contribution in [0.2, 0.25) is 0 Å². The van der Waals surface area contributed by atoms with Gasteiger partial charge in [0.15, 0.2) is 0 Å². The van der Waals surface area contributed by atoms with Crippen LogP contribution in [0.5, 0.6) is 0 Å². The zero-order chi connectivity index (χ0) is 10.7. The van der Waals surface area contributed by atoms with Crippen molar-refractivity contribution >= 4 is 29.0 Å². The van der Waals surface area contributed by atoms with Gasteiger partial charge in [-0.1, -0.05) is 19.4 Å². The van der Waals surface area contributed by atoms with Crippen LogP contribution in [0.3, 0.4) is 0 Å². The third-order valence-corrected chi connectivity index (χ3v) is 4.67. The zero-order valence-corrected chi connectivity index (χ0v) is 10.4. The molecule has 0 aliphatic carbocycles. The van der Waals surface area contributed by atoms with Crippen LogP contribution in [0.25, 0.3) is 0 Å². The summed E-state index contributed by atoms with van der Waals surface area (Å²) >= 11 is 3.45. The van der Waals surface area contributed by atoms with Gasteiger partial charge in [-0.25, -0.2) is 0 Å². The molecule has 82 valence electrons. The smallest absolute Gasteiger partial charge is 0.264 e. The van der Waals surface area contributed by atoms with Crippen molar-refractivity contribution in [1.29, 1.82) is 0 Å². The van der Waals surface area contributed by atoms with E-state index in [-0.39, 0.29) is 5.91 Å². The lowest BCUT2D eigenvalue weighted by Crippen LogP contribution is -2.34. The van der Waals surface area contributed by atoms with E-state index in [1.54, 1.807) is 0 Å². The Morgan fingerprint density at radius 1 is 1.67 bits per heavy atom. The number of carbonyl (C=O) groups is 1. The molecule has 2 heterocycles. The molecule has 1 atom stereocenters. The van der Waals surface area contributed by atoms with Crippen molar-refractivity contribution in [2.75, 3.05) is 12.3 Å². The monoisotopic (exact) mass is 241 g/mol. The molecule has 1 aliphatic heterocycles. The maximum atomic E-state index is 12.1. The van der Waals surface area contributed by atoms with Crippen molar-refractivity contribution in [3.63, 3.8) is 0 Å². The minimum absolute atomic E-state index is 0.216. The Kier molecular flexibility index (Phi) is 3.70. The molecule has 0 N–H and O–H groups in total. The highest BCUT2D eigenvalue weighted by Gasteiger charge is 2.29. The molecule has 1 amide bonds. The van der Waals surface area contributed by atoms with E-state index in [4.69, 9.17) is 0 Å². The summed E-state index contributed by atoms with van der Waals surface area (Å²) in [5.74, 6) is 1.30. The SMILES string of the molecule is CCCC1SCCN1C(=O)c1cccs1. The Hall–Kier alpha value is -0.480. The molecule has 1 fully saturated rings. The summed E-state index contributed by atoms with van der Waals surface area (Å²) in [5, 5.41) is 2.37. The molecule has 0 saturated carbocycles. The summed E-state index contributed by atoms with van der Waals surface area (Å²) in [5.41, 5.74) is 0. The van der Waals surface area contributed by atoms with E-state index in [2.05, 4.69) is 6.92 Å². The van der Waals surface area contributed by atoms with Crippen molar-refractivity contribution in [1.82, 2.24) is 4.90 Å². The molecule has 15 heavy (non-hydrogen) atoms. The molecule has 0 bridgehead atoms. The zero-order valence-electron chi connectivity index (χ0n) is 8.81. The van der Waals surface area contributed by atoms with Crippen molar-refractivity contribution < 1.29 is 4.79 Å². The average molecular weight is 241 g/mol. The van der Waals surface area contributed by atoms with Gasteiger partial charge < -0.3 is 4.90 Å². The van der Waals surface area contributed by atoms with Crippen LogP contribution in [0, 0.1) is 0 Å². The van der Waals surface area contributed by atoms with E-state index in [9.17, 15) is 4.79 Å². The molecule has 0 radical (unpaired) electrons. The highest BCUT2D eigenvalue weighted by Crippen LogP contribution is 2.29. The standard InChI is InChI=1S/C11H15NOS2/c1-2-4-10-12(6-8-15-10)11(13)9-5-3-7-14-9/h3,5,7,10H,2,4,6,8H2,1H3. The van der Waals surface area contributed by atoms with E-state index in [1.165, 1.54) is 11.3 Å². The molecule has 1 aromatic rings. The number of thioether (sulfide) groups is 1. The topological polar surface area (TPSA) is 20.3 Å². The minimum Gasteiger partial charge on any atom is -0.325 e. The first-order valence-electron chi connectivity index (χ1n) is 5.29. The Morgan fingerprint density at radius 2 is 2.53 bits per heavy atom. The van der Waals surface area contributed by atoms with Gasteiger partial charge in [-0.2, -0.15) is 0 Å². The largest absolute Gasteiger partial charge is 0.325 e. The second-order valence-corrected chi connectivity index (χ2v) is 5.82. The summed E-state index contributed by atoms with van der Waals surface area (Å²) < 4.78 is 0. The van der Waals surface area contributed by atoms with Gasteiger partial charge in [0.2, 0.25) is 0 Å². The van der Waals surface area contributed by atoms with E-state index >= 15 is 0 Å². The number of rotatable bonds is 3. The fraction of sp³-hybridized carbons (Fsp3) is 0.545. The lowest BCUT2D eigenvalue weighted by atomic mass is 10.3. The van der Waals surface area contributed by atoms with E-state index < -0.39 is 0 Å². The van der Waals surface area contributed by atoms with Crippen molar-refractivity contribution in [3.8, 4) is 0 Å². The molecule has 2 nitrogen and oxygen atoms in total. The highest BCUT2D eigenvalue weighted by molar-refractivity contribution is 8.00. The Bertz CT molecular complexity index is 323. The Balaban J connectivity index is 2.06. The van der Waals surface area contributed by atoms with Crippen molar-refractivity contribution in [2.24, 2.45) is 0 Å². The molecule has 0 aromatic carbocycles. The number of nitrogens with zero attached hydrogens (tertiary/aromatic N) is 1. The Labute approximate surface area is 98.7 Å². The molecule has 0 spiro atoms. The number of hydrogen-bond donors (Lipinski definition) is 0. The lowest BCUT2D eigenvalue weighted by molar-refractivity contribution is 0.0761. The predicted molar refractivity (Wildman–Crippen MR) is 66.5 cm³/mol. The average Bonchev–Trinajstić information content (AvgIpc) is 2.87. The first-order chi connectivity index (χ1) is 7.33. The molecule has 1 aromatic heterocycles. The minimum atomic E-state index is 0.216. The normalized spacial score (nSPS) is 20.9. The van der Waals surface area contributed by atoms with Crippen LogP contribution < -0.4 is 0 Å². The molecule has 1 aliphatic rings. The van der Waals surface area contributed by atoms with Crippen LogP contribution in [0.1, 0.15) is 29.4 Å². The van der Waals surface area contributed by atoms with Gasteiger partial charge in [0.25, 0.3) is 5.91 Å². The molecular formula is C11H15NOS2. The van der Waals surface area contributed by atoms with Gasteiger partial charge in [0.1, 0.15) is 0 Å². The first-order valence-corrected chi connectivity index (χ1v) is 7.22. The van der Waals surface area contributed by atoms with E-state index in [0.29, 0.717) is 5.37 Å². The van der Waals surface area contributed by atoms with E-state index in [1.807, 2.05) is 34.2 Å². The van der Waals surface area contributed by atoms with Crippen LogP contribution in [-0.4, -0.2) is 28.5 Å². The van der Waals surface area contributed by atoms with Gasteiger partial charge in [0.05, 0.1) is 10.3 Å².